The van der Waals surface area contributed by atoms with Gasteiger partial charge in [0.2, 0.25) is 0 Å². The Morgan fingerprint density at radius 2 is 1.26 bits per heavy atom. The molecule has 0 saturated carbocycles. The molecule has 0 fully saturated rings. The first-order chi connectivity index (χ1) is 22.8. The van der Waals surface area contributed by atoms with Gasteiger partial charge >= 0.3 is 0 Å². The van der Waals surface area contributed by atoms with Crippen molar-refractivity contribution in [3.05, 3.63) is 175 Å². The number of pyridine rings is 1. The minimum absolute atomic E-state index is 0.166. The van der Waals surface area contributed by atoms with Crippen molar-refractivity contribution >= 4 is 43.5 Å². The molecule has 1 aliphatic rings. The third-order valence-electron chi connectivity index (χ3n) is 9.82. The van der Waals surface area contributed by atoms with Crippen LogP contribution in [0.1, 0.15) is 22.6 Å². The number of benzene rings is 7. The monoisotopic (exact) mass is 585 g/mol. The number of aromatic nitrogens is 1. The molecule has 46 heavy (non-hydrogen) atoms. The minimum Gasteiger partial charge on any atom is -0.456 e. The Kier molecular flexibility index (Phi) is 5.38. The highest BCUT2D eigenvalue weighted by molar-refractivity contribution is 6.25. The average molecular weight is 586 g/mol. The van der Waals surface area contributed by atoms with E-state index in [9.17, 15) is 0 Å². The highest BCUT2D eigenvalue weighted by atomic mass is 16.3. The Hall–Kier alpha value is -5.99. The molecule has 10 rings (SSSR count). The maximum absolute atomic E-state index is 6.63. The molecule has 2 aromatic heterocycles. The highest BCUT2D eigenvalue weighted by Crippen LogP contribution is 2.51. The molecule has 2 heteroatoms. The van der Waals surface area contributed by atoms with Crippen LogP contribution in [-0.4, -0.2) is 4.98 Å². The average Bonchev–Trinajstić information content (AvgIpc) is 3.68. The zero-order chi connectivity index (χ0) is 30.2. The van der Waals surface area contributed by atoms with Gasteiger partial charge in [-0.1, -0.05) is 127 Å². The van der Waals surface area contributed by atoms with E-state index < -0.39 is 0 Å². The standard InChI is InChI=1S/C44H27NO/c1-2-14-31-27(10-1)21-22-37-41(35-17-5-6-18-36(35)42(31)37)29-12-7-11-28(24-29)38-25-40-44(34-16-4-3-15-33(34)38)43-32(19-8-20-39(43)46-40)30-13-9-23-45-26-30/h1-26,41H. The summed E-state index contributed by atoms with van der Waals surface area (Å²) in [6.07, 6.45) is 3.75. The number of nitrogens with zero attached hydrogens (tertiary/aromatic N) is 1. The molecule has 214 valence electrons. The quantitative estimate of drug-likeness (QED) is 0.206. The first-order valence-corrected chi connectivity index (χ1v) is 15.8. The molecule has 1 unspecified atom stereocenters. The number of fused-ring (bicyclic) bond motifs is 10. The van der Waals surface area contributed by atoms with E-state index >= 15 is 0 Å². The first-order valence-electron chi connectivity index (χ1n) is 15.8. The lowest BCUT2D eigenvalue weighted by Crippen LogP contribution is -1.99. The van der Waals surface area contributed by atoms with Crippen LogP contribution in [0, 0.1) is 0 Å². The molecule has 0 amide bonds. The Bertz CT molecular complexity index is 2650. The minimum atomic E-state index is 0.166. The van der Waals surface area contributed by atoms with E-state index in [0.29, 0.717) is 0 Å². The molecular formula is C44H27NO. The summed E-state index contributed by atoms with van der Waals surface area (Å²) in [4.78, 5) is 4.40. The van der Waals surface area contributed by atoms with E-state index in [2.05, 4.69) is 145 Å². The number of rotatable bonds is 3. The third-order valence-corrected chi connectivity index (χ3v) is 9.82. The van der Waals surface area contributed by atoms with Crippen molar-refractivity contribution < 1.29 is 4.42 Å². The van der Waals surface area contributed by atoms with Gasteiger partial charge in [-0.05, 0) is 84.3 Å². The third kappa shape index (κ3) is 3.61. The Labute approximate surface area is 266 Å². The van der Waals surface area contributed by atoms with Crippen molar-refractivity contribution in [3.63, 3.8) is 0 Å². The van der Waals surface area contributed by atoms with Gasteiger partial charge in [0.15, 0.2) is 0 Å². The molecule has 0 aliphatic heterocycles. The predicted molar refractivity (Wildman–Crippen MR) is 190 cm³/mol. The lowest BCUT2D eigenvalue weighted by atomic mass is 9.86. The van der Waals surface area contributed by atoms with Crippen molar-refractivity contribution in [1.82, 2.24) is 4.98 Å². The maximum atomic E-state index is 6.63. The van der Waals surface area contributed by atoms with Crippen LogP contribution in [0.5, 0.6) is 0 Å². The van der Waals surface area contributed by atoms with Crippen LogP contribution in [0.4, 0.5) is 0 Å². The summed E-state index contributed by atoms with van der Waals surface area (Å²) in [5, 5.41) is 7.29. The fourth-order valence-electron chi connectivity index (χ4n) is 7.90. The van der Waals surface area contributed by atoms with E-state index in [1.54, 1.807) is 0 Å². The summed E-state index contributed by atoms with van der Waals surface area (Å²) < 4.78 is 6.63. The van der Waals surface area contributed by atoms with Crippen LogP contribution in [-0.2, 0) is 0 Å². The van der Waals surface area contributed by atoms with E-state index in [4.69, 9.17) is 4.42 Å². The van der Waals surface area contributed by atoms with Gasteiger partial charge in [-0.3, -0.25) is 4.98 Å². The summed E-state index contributed by atoms with van der Waals surface area (Å²) in [6.45, 7) is 0. The van der Waals surface area contributed by atoms with Crippen molar-refractivity contribution in [3.8, 4) is 33.4 Å². The van der Waals surface area contributed by atoms with Crippen LogP contribution >= 0.6 is 0 Å². The molecule has 0 radical (unpaired) electrons. The number of hydrogen-bond donors (Lipinski definition) is 0. The lowest BCUT2D eigenvalue weighted by molar-refractivity contribution is 0.669. The van der Waals surface area contributed by atoms with Crippen LogP contribution in [0.15, 0.2) is 162 Å². The normalized spacial score (nSPS) is 13.9. The van der Waals surface area contributed by atoms with Gasteiger partial charge in [-0.25, -0.2) is 0 Å². The van der Waals surface area contributed by atoms with Crippen LogP contribution in [0.2, 0.25) is 0 Å². The molecule has 9 aromatic rings. The molecule has 2 heterocycles. The predicted octanol–water partition coefficient (Wildman–Crippen LogP) is 11.8. The topological polar surface area (TPSA) is 26.0 Å². The number of hydrogen-bond acceptors (Lipinski definition) is 2. The highest BCUT2D eigenvalue weighted by Gasteiger charge is 2.31. The van der Waals surface area contributed by atoms with Gasteiger partial charge in [0.05, 0.1) is 0 Å². The Morgan fingerprint density at radius 1 is 0.478 bits per heavy atom. The molecule has 0 bridgehead atoms. The van der Waals surface area contributed by atoms with E-state index in [1.807, 2.05) is 18.5 Å². The van der Waals surface area contributed by atoms with Crippen LogP contribution in [0.25, 0.3) is 76.9 Å². The Balaban J connectivity index is 1.20. The van der Waals surface area contributed by atoms with Gasteiger partial charge in [0.25, 0.3) is 0 Å². The molecule has 0 spiro atoms. The van der Waals surface area contributed by atoms with Gasteiger partial charge in [0, 0.05) is 34.6 Å². The second-order valence-corrected chi connectivity index (χ2v) is 12.3. The van der Waals surface area contributed by atoms with Crippen molar-refractivity contribution in [2.24, 2.45) is 0 Å². The van der Waals surface area contributed by atoms with E-state index in [-0.39, 0.29) is 5.92 Å². The van der Waals surface area contributed by atoms with Gasteiger partial charge < -0.3 is 4.42 Å². The van der Waals surface area contributed by atoms with Crippen molar-refractivity contribution in [2.45, 2.75) is 5.92 Å². The summed E-state index contributed by atoms with van der Waals surface area (Å²) in [5.41, 5.74) is 13.1. The molecule has 0 N–H and O–H groups in total. The van der Waals surface area contributed by atoms with Crippen LogP contribution < -0.4 is 0 Å². The molecule has 0 saturated heterocycles. The zero-order valence-electron chi connectivity index (χ0n) is 24.9. The van der Waals surface area contributed by atoms with Gasteiger partial charge in [-0.15, -0.1) is 0 Å². The first kappa shape index (κ1) is 25.3. The number of furan rings is 1. The smallest absolute Gasteiger partial charge is 0.136 e. The lowest BCUT2D eigenvalue weighted by Gasteiger charge is -2.17. The zero-order valence-corrected chi connectivity index (χ0v) is 24.9. The molecule has 2 nitrogen and oxygen atoms in total. The second-order valence-electron chi connectivity index (χ2n) is 12.3. The molecular weight excluding hydrogens is 558 g/mol. The van der Waals surface area contributed by atoms with Crippen LogP contribution in [0.3, 0.4) is 0 Å². The summed E-state index contributed by atoms with van der Waals surface area (Å²) in [5.74, 6) is 0.166. The van der Waals surface area contributed by atoms with Gasteiger partial charge in [0.1, 0.15) is 11.2 Å². The summed E-state index contributed by atoms with van der Waals surface area (Å²) in [6, 6.07) is 52.8. The molecule has 7 aromatic carbocycles. The van der Waals surface area contributed by atoms with E-state index in [0.717, 1.165) is 33.1 Å². The molecule has 1 aliphatic carbocycles. The van der Waals surface area contributed by atoms with Crippen molar-refractivity contribution in [2.75, 3.05) is 0 Å². The largest absolute Gasteiger partial charge is 0.456 e. The van der Waals surface area contributed by atoms with E-state index in [1.165, 1.54) is 60.5 Å². The van der Waals surface area contributed by atoms with Gasteiger partial charge in [-0.2, -0.15) is 0 Å². The molecule has 1 atom stereocenters. The summed E-state index contributed by atoms with van der Waals surface area (Å²) in [7, 11) is 0. The maximum Gasteiger partial charge on any atom is 0.136 e. The SMILES string of the molecule is c1cncc(-c2cccc3oc4cc(-c5cccc(C6c7ccccc7-c7c6ccc6ccccc76)c5)c5ccccc5c4c23)c1. The van der Waals surface area contributed by atoms with Crippen molar-refractivity contribution in [1.29, 1.82) is 0 Å². The fraction of sp³-hybridized carbons (Fsp3) is 0.0227. The fourth-order valence-corrected chi connectivity index (χ4v) is 7.90. The second kappa shape index (κ2) is 9.76. The Morgan fingerprint density at radius 3 is 2.17 bits per heavy atom. The summed E-state index contributed by atoms with van der Waals surface area (Å²) >= 11 is 0.